The number of sulfonamides is 2. The SMILES string of the molecule is CC(=O)N[C@@H]1CCN(c2nc(-c3cccc(-c4cnn(C)c4)c3)ncc2-c2cnn(C)c2)C1.Cn1cc(-c2cccc(-c3ncc(-c4cnn(C)c4)c(N4CCC(NS(C)(=O)=O)CC4)n3)c2)cn1.Cn1cc(-c2cccc(-c3ncc(-c4cnn(C)c4)c(NCC4(O)CCN(S(C)(=O)=O)CC4)n3)c2)cn1.Cn1cc(-c2cccc(-c3ncc(-c4cnn(C)c4)c(N[C@H]4CCCC[C@H](O)[C@@H]4O)n3)c2)cn1. The Bertz CT molecular complexity index is 7260. The van der Waals surface area contributed by atoms with Gasteiger partial charge >= 0.3 is 0 Å². The summed E-state index contributed by atoms with van der Waals surface area (Å²) < 4.78 is 65.3. The molecule has 20 rings (SSSR count). The first-order valence-corrected chi connectivity index (χ1v) is 49.6. The maximum absolute atomic E-state index is 11.9. The van der Waals surface area contributed by atoms with Crippen LogP contribution in [0.4, 0.5) is 23.3 Å². The summed E-state index contributed by atoms with van der Waals surface area (Å²) in [4.78, 5) is 54.4. The molecule has 12 aromatic heterocycles. The normalized spacial score (nSPS) is 16.9. The second kappa shape index (κ2) is 41.7. The van der Waals surface area contributed by atoms with Gasteiger partial charge in [0.1, 0.15) is 23.3 Å². The Hall–Kier alpha value is -14.8. The van der Waals surface area contributed by atoms with Gasteiger partial charge in [0.2, 0.25) is 26.0 Å². The molecule has 0 radical (unpaired) electrons. The number of aliphatic hydroxyl groups is 3. The number of benzene rings is 4. The highest BCUT2D eigenvalue weighted by Crippen LogP contribution is 2.40. The van der Waals surface area contributed by atoms with Gasteiger partial charge < -0.3 is 41.1 Å². The van der Waals surface area contributed by atoms with Crippen molar-refractivity contribution in [1.29, 1.82) is 0 Å². The zero-order valence-corrected chi connectivity index (χ0v) is 80.9. The van der Waals surface area contributed by atoms with Crippen LogP contribution in [0.3, 0.4) is 0 Å². The molecule has 4 aliphatic rings. The van der Waals surface area contributed by atoms with Gasteiger partial charge in [-0.1, -0.05) is 85.6 Å². The van der Waals surface area contributed by atoms with Gasteiger partial charge in [-0.2, -0.15) is 40.8 Å². The van der Waals surface area contributed by atoms with E-state index in [1.807, 2.05) is 234 Å². The van der Waals surface area contributed by atoms with Crippen LogP contribution in [0.5, 0.6) is 0 Å². The number of rotatable bonds is 23. The molecule has 139 heavy (non-hydrogen) atoms. The number of amides is 1. The number of piperidine rings is 2. The van der Waals surface area contributed by atoms with Crippen molar-refractivity contribution < 1.29 is 36.9 Å². The Labute approximate surface area is 805 Å². The number of aromatic nitrogens is 24. The first-order valence-electron chi connectivity index (χ1n) is 45.9. The van der Waals surface area contributed by atoms with Crippen LogP contribution < -0.4 is 30.5 Å². The minimum absolute atomic E-state index is 0.00933. The summed E-state index contributed by atoms with van der Waals surface area (Å²) >= 11 is 0. The molecule has 1 saturated carbocycles. The molecule has 41 heteroatoms. The summed E-state index contributed by atoms with van der Waals surface area (Å²) in [6.45, 7) is 5.24. The predicted octanol–water partition coefficient (Wildman–Crippen LogP) is 10.3. The van der Waals surface area contributed by atoms with Crippen molar-refractivity contribution in [2.45, 2.75) is 101 Å². The minimum atomic E-state index is -3.28. The molecule has 16 aromatic rings. The number of aryl methyl sites for hydroxylation is 8. The quantitative estimate of drug-likeness (QED) is 0.0293. The Morgan fingerprint density at radius 2 is 0.727 bits per heavy atom. The van der Waals surface area contributed by atoms with Gasteiger partial charge in [-0.25, -0.2) is 65.7 Å². The van der Waals surface area contributed by atoms with Crippen molar-refractivity contribution in [3.05, 3.63) is 221 Å². The monoisotopic (exact) mass is 1920 g/mol. The maximum atomic E-state index is 11.9. The third-order valence-corrected chi connectivity index (χ3v) is 27.0. The van der Waals surface area contributed by atoms with Gasteiger partial charge in [0, 0.05) is 285 Å². The van der Waals surface area contributed by atoms with E-state index in [2.05, 4.69) is 99.4 Å². The molecule has 0 spiro atoms. The van der Waals surface area contributed by atoms with E-state index in [-0.39, 0.29) is 43.7 Å². The summed E-state index contributed by atoms with van der Waals surface area (Å²) in [6, 6.07) is 32.0. The summed E-state index contributed by atoms with van der Waals surface area (Å²) in [5.74, 6) is 5.27. The van der Waals surface area contributed by atoms with Crippen molar-refractivity contribution in [3.8, 4) is 135 Å². The lowest BCUT2D eigenvalue weighted by Gasteiger charge is -2.37. The van der Waals surface area contributed by atoms with E-state index in [1.54, 1.807) is 69.2 Å². The second-order valence-electron chi connectivity index (χ2n) is 35.9. The van der Waals surface area contributed by atoms with Gasteiger partial charge in [0.05, 0.1) is 85.9 Å². The molecule has 1 amide bonds. The van der Waals surface area contributed by atoms with Crippen molar-refractivity contribution in [1.82, 2.24) is 132 Å². The van der Waals surface area contributed by atoms with Gasteiger partial charge in [0.25, 0.3) is 0 Å². The molecule has 3 aliphatic heterocycles. The molecular weight excluding hydrogens is 1800 g/mol. The van der Waals surface area contributed by atoms with Gasteiger partial charge in [-0.3, -0.25) is 42.2 Å². The summed E-state index contributed by atoms with van der Waals surface area (Å²) in [5, 5.41) is 76.3. The number of hydrogen-bond donors (Lipinski definition) is 7. The fourth-order valence-corrected chi connectivity index (χ4v) is 19.4. The molecule has 4 fully saturated rings. The topological polar surface area (TPSA) is 450 Å². The molecule has 0 bridgehead atoms. The molecule has 1 aliphatic carbocycles. The lowest BCUT2D eigenvalue weighted by Crippen LogP contribution is -2.49. The van der Waals surface area contributed by atoms with Crippen LogP contribution in [-0.4, -0.2) is 255 Å². The van der Waals surface area contributed by atoms with E-state index in [1.165, 1.54) is 16.8 Å². The zero-order valence-electron chi connectivity index (χ0n) is 79.3. The van der Waals surface area contributed by atoms with E-state index in [4.69, 9.17) is 29.9 Å². The van der Waals surface area contributed by atoms with Crippen LogP contribution >= 0.6 is 0 Å². The molecule has 0 unspecified atom stereocenters. The maximum Gasteiger partial charge on any atom is 0.217 e. The van der Waals surface area contributed by atoms with Crippen LogP contribution in [0.25, 0.3) is 135 Å². The average molecular weight is 1920 g/mol. The molecule has 3 saturated heterocycles. The van der Waals surface area contributed by atoms with E-state index < -0.39 is 37.9 Å². The average Bonchev–Trinajstić information content (AvgIpc) is 1.34. The van der Waals surface area contributed by atoms with E-state index >= 15 is 0 Å². The van der Waals surface area contributed by atoms with Crippen LogP contribution in [0.1, 0.15) is 64.7 Å². The molecule has 4 atom stereocenters. The zero-order chi connectivity index (χ0) is 97.4. The highest BCUT2D eigenvalue weighted by molar-refractivity contribution is 7.88. The number of aliphatic hydroxyl groups excluding tert-OH is 2. The van der Waals surface area contributed by atoms with Crippen LogP contribution in [0, 0.1) is 0 Å². The number of nitrogens with one attached hydrogen (secondary N) is 4. The van der Waals surface area contributed by atoms with Crippen molar-refractivity contribution in [2.24, 2.45) is 56.4 Å². The number of nitrogens with zero attached hydrogens (tertiary/aromatic N) is 27. The first-order chi connectivity index (χ1) is 66.8. The van der Waals surface area contributed by atoms with Gasteiger partial charge in [0.15, 0.2) is 23.3 Å². The van der Waals surface area contributed by atoms with Crippen molar-refractivity contribution in [3.63, 3.8) is 0 Å². The number of carbonyl (C=O) groups excluding carboxylic acids is 1. The van der Waals surface area contributed by atoms with Crippen LogP contribution in [0.15, 0.2) is 221 Å². The smallest absolute Gasteiger partial charge is 0.217 e. The fraction of sp³-hybridized carbons (Fsp3) is 0.337. The summed E-state index contributed by atoms with van der Waals surface area (Å²) in [7, 11) is 8.54. The number of hydrogen-bond acceptors (Lipinski definition) is 28. The largest absolute Gasteiger partial charge is 0.390 e. The Kier molecular flexibility index (Phi) is 28.8. The Morgan fingerprint density at radius 3 is 1.10 bits per heavy atom. The highest BCUT2D eigenvalue weighted by atomic mass is 32.2. The Balaban J connectivity index is 0.000000128. The highest BCUT2D eigenvalue weighted by Gasteiger charge is 2.37. The van der Waals surface area contributed by atoms with Gasteiger partial charge in [-0.05, 0) is 91.5 Å². The lowest BCUT2D eigenvalue weighted by atomic mass is 9.92. The molecule has 720 valence electrons. The van der Waals surface area contributed by atoms with E-state index in [9.17, 15) is 36.9 Å². The summed E-state index contributed by atoms with van der Waals surface area (Å²) in [6.07, 6.45) is 44.3. The predicted molar refractivity (Wildman–Crippen MR) is 532 cm³/mol. The standard InChI is InChI=1S/C25H30N8O3S.C25H29N7O2.C24H28N8O2S.C24H26N8O/c1-31-15-20(12-28-31)18-5-4-6-19(11-18)23-26-14-22(21-13-29-32(2)16-21)24(30-23)27-17-25(34)7-9-33(10-8-25)37(3,35)36;1-31-14-18(11-27-31)16-6-5-7-17(10-16)24-26-13-20(19-12-28-32(2)15-19)25(30-24)29-21-8-3-4-9-22(33)23(21)34;1-30-15-19(12-26-30)17-5-4-6-18(11-17)23-25-14-22(20-13-27-31(2)16-20)24(28-23)32-9-7-21(8-10-32)29-35(3,33)34;1-16(33)28-21-7-8-32(15-21)24-22(20-11-27-31(3)14-20)12-25-23(29-24)18-6-4-5-17(9-18)19-10-26-30(2)13-19/h4-6,11-16,34H,7-10,17H2,1-3H3,(H,26,27,30);5-7,10-15,21-23,33-34H,3-4,8-9H2,1-2H3,(H,26,29,30);4-6,11-16,21,29H,7-10H2,1-3H3;4-6,9-14,21H,7-8,15H2,1-3H3,(H,28,33)/t;21-,22-,23+;;21-/m.0.1/s1. The third-order valence-electron chi connectivity index (χ3n) is 25.0. The fourth-order valence-electron chi connectivity index (χ4n) is 17.7. The van der Waals surface area contributed by atoms with Crippen LogP contribution in [0.2, 0.25) is 0 Å². The lowest BCUT2D eigenvalue weighted by molar-refractivity contribution is -0.119. The van der Waals surface area contributed by atoms with Crippen molar-refractivity contribution in [2.75, 3.05) is 78.8 Å². The van der Waals surface area contributed by atoms with Crippen LogP contribution in [-0.2, 0) is 81.2 Å². The number of anilines is 4. The van der Waals surface area contributed by atoms with Gasteiger partial charge in [-0.15, -0.1) is 0 Å². The number of carbonyl (C=O) groups is 1. The van der Waals surface area contributed by atoms with Crippen molar-refractivity contribution >= 4 is 49.2 Å². The molecule has 39 nitrogen and oxygen atoms in total. The molecule has 4 aromatic carbocycles. The minimum Gasteiger partial charge on any atom is -0.390 e. The summed E-state index contributed by atoms with van der Waals surface area (Å²) in [5.41, 5.74) is 17.8. The van der Waals surface area contributed by atoms with E-state index in [0.29, 0.717) is 86.7 Å². The molecule has 15 heterocycles. The second-order valence-corrected chi connectivity index (χ2v) is 39.7. The first kappa shape index (κ1) is 96.0. The molecule has 7 N–H and O–H groups in total. The third kappa shape index (κ3) is 23.7. The molecular formula is C98H113N31O8S2. The van der Waals surface area contributed by atoms with E-state index in [0.717, 1.165) is 155 Å². The Morgan fingerprint density at radius 1 is 0.396 bits per heavy atom.